The second-order valence-electron chi connectivity index (χ2n) is 9.95. The van der Waals surface area contributed by atoms with Crippen LogP contribution in [0.5, 0.6) is 5.75 Å². The zero-order valence-electron chi connectivity index (χ0n) is 24.7. The van der Waals surface area contributed by atoms with Gasteiger partial charge in [-0.1, -0.05) is 55.5 Å². The zero-order valence-corrected chi connectivity index (χ0v) is 24.7. The minimum atomic E-state index is -0.605. The molecule has 0 saturated heterocycles. The Morgan fingerprint density at radius 3 is 2.50 bits per heavy atom. The standard InChI is InChI=1S/C35H38N2O5/c1-5-7-9-12-27(6-2)33(38)29-19-21-37(24-29)32(35(39)40-4)23-26-15-17-30(18-16-26)41-22-20-31-25(3)42-34(36-31)28-13-10-8-11-14-28/h6-11,13-19,21,24,32H,5,12,20,22-23H2,1-4H3/b9-7-,27-6+. The van der Waals surface area contributed by atoms with Gasteiger partial charge in [-0.3, -0.25) is 4.79 Å². The van der Waals surface area contributed by atoms with E-state index in [1.165, 1.54) is 7.11 Å². The molecule has 1 atom stereocenters. The number of aromatic nitrogens is 2. The number of ketones is 1. The van der Waals surface area contributed by atoms with E-state index in [0.717, 1.165) is 40.3 Å². The van der Waals surface area contributed by atoms with Crippen molar-refractivity contribution >= 4 is 11.8 Å². The van der Waals surface area contributed by atoms with Crippen molar-refractivity contribution < 1.29 is 23.5 Å². The number of hydrogen-bond acceptors (Lipinski definition) is 6. The molecule has 1 unspecified atom stereocenters. The fourth-order valence-electron chi connectivity index (χ4n) is 4.67. The number of ether oxygens (including phenoxy) is 2. The first-order valence-corrected chi connectivity index (χ1v) is 14.3. The first-order chi connectivity index (χ1) is 20.4. The normalized spacial score (nSPS) is 12.4. The van der Waals surface area contributed by atoms with Crippen LogP contribution in [0.15, 0.2) is 101 Å². The van der Waals surface area contributed by atoms with Gasteiger partial charge in [-0.05, 0) is 68.2 Å². The Kier molecular flexibility index (Phi) is 10.7. The van der Waals surface area contributed by atoms with Crippen molar-refractivity contribution in [3.63, 3.8) is 0 Å². The van der Waals surface area contributed by atoms with Crippen LogP contribution in [-0.4, -0.2) is 35.0 Å². The Balaban J connectivity index is 1.37. The van der Waals surface area contributed by atoms with Gasteiger partial charge in [-0.15, -0.1) is 0 Å². The van der Waals surface area contributed by atoms with Crippen molar-refractivity contribution in [1.29, 1.82) is 0 Å². The molecule has 0 aliphatic carbocycles. The number of Topliss-reactive ketones (excluding diaryl/α,β-unsaturated/α-hetero) is 1. The van der Waals surface area contributed by atoms with Gasteiger partial charge in [0.2, 0.25) is 5.89 Å². The fourth-order valence-corrected chi connectivity index (χ4v) is 4.67. The molecule has 0 amide bonds. The van der Waals surface area contributed by atoms with E-state index in [4.69, 9.17) is 13.9 Å². The Hall–Kier alpha value is -4.65. The van der Waals surface area contributed by atoms with Gasteiger partial charge < -0.3 is 18.5 Å². The van der Waals surface area contributed by atoms with Crippen molar-refractivity contribution in [3.8, 4) is 17.2 Å². The molecular formula is C35H38N2O5. The molecule has 0 radical (unpaired) electrons. The molecule has 4 aromatic rings. The summed E-state index contributed by atoms with van der Waals surface area (Å²) in [4.78, 5) is 30.4. The Labute approximate surface area is 247 Å². The highest BCUT2D eigenvalue weighted by atomic mass is 16.5. The zero-order chi connectivity index (χ0) is 29.9. The van der Waals surface area contributed by atoms with E-state index in [-0.39, 0.29) is 11.8 Å². The van der Waals surface area contributed by atoms with E-state index in [2.05, 4.69) is 11.9 Å². The molecule has 0 bridgehead atoms. The number of aryl methyl sites for hydroxylation is 1. The number of methoxy groups -OCH3 is 1. The minimum Gasteiger partial charge on any atom is -0.493 e. The molecule has 0 N–H and O–H groups in total. The number of nitrogens with zero attached hydrogens (tertiary/aromatic N) is 2. The van der Waals surface area contributed by atoms with Crippen LogP contribution in [0.4, 0.5) is 0 Å². The quantitative estimate of drug-likeness (QED) is 0.0680. The van der Waals surface area contributed by atoms with Gasteiger partial charge in [0.25, 0.3) is 0 Å². The third kappa shape index (κ3) is 7.75. The molecule has 7 nitrogen and oxygen atoms in total. The molecule has 0 aliphatic heterocycles. The van der Waals surface area contributed by atoms with E-state index >= 15 is 0 Å². The van der Waals surface area contributed by atoms with E-state index < -0.39 is 6.04 Å². The maximum Gasteiger partial charge on any atom is 0.329 e. The van der Waals surface area contributed by atoms with Crippen LogP contribution in [0.1, 0.15) is 60.1 Å². The average molecular weight is 567 g/mol. The molecule has 0 aliphatic rings. The second-order valence-corrected chi connectivity index (χ2v) is 9.95. The first-order valence-electron chi connectivity index (χ1n) is 14.3. The first kappa shape index (κ1) is 30.3. The number of carbonyl (C=O) groups excluding carboxylic acids is 2. The third-order valence-electron chi connectivity index (χ3n) is 7.06. The number of oxazole rings is 1. The highest BCUT2D eigenvalue weighted by Gasteiger charge is 2.23. The number of carbonyl (C=O) groups is 2. The Morgan fingerprint density at radius 1 is 1.05 bits per heavy atom. The van der Waals surface area contributed by atoms with Crippen molar-refractivity contribution in [3.05, 3.63) is 119 Å². The lowest BCUT2D eigenvalue weighted by molar-refractivity contribution is -0.144. The summed E-state index contributed by atoms with van der Waals surface area (Å²) >= 11 is 0. The summed E-state index contributed by atoms with van der Waals surface area (Å²) in [6.07, 6.45) is 11.9. The second kappa shape index (κ2) is 14.8. The van der Waals surface area contributed by atoms with Crippen LogP contribution < -0.4 is 4.74 Å². The Bertz CT molecular complexity index is 1530. The van der Waals surface area contributed by atoms with Gasteiger partial charge in [-0.2, -0.15) is 0 Å². The lowest BCUT2D eigenvalue weighted by Crippen LogP contribution is -2.22. The average Bonchev–Trinajstić information content (AvgIpc) is 3.66. The predicted octanol–water partition coefficient (Wildman–Crippen LogP) is 7.52. The van der Waals surface area contributed by atoms with Gasteiger partial charge >= 0.3 is 5.97 Å². The summed E-state index contributed by atoms with van der Waals surface area (Å²) in [5.41, 5.74) is 4.02. The van der Waals surface area contributed by atoms with Gasteiger partial charge in [-0.25, -0.2) is 9.78 Å². The maximum atomic E-state index is 13.0. The summed E-state index contributed by atoms with van der Waals surface area (Å²) in [7, 11) is 1.37. The van der Waals surface area contributed by atoms with E-state index in [9.17, 15) is 9.59 Å². The summed E-state index contributed by atoms with van der Waals surface area (Å²) < 4.78 is 18.7. The van der Waals surface area contributed by atoms with Gasteiger partial charge in [0.05, 0.1) is 19.4 Å². The summed E-state index contributed by atoms with van der Waals surface area (Å²) in [5.74, 6) is 1.70. The number of benzene rings is 2. The predicted molar refractivity (Wildman–Crippen MR) is 164 cm³/mol. The monoisotopic (exact) mass is 566 g/mol. The topological polar surface area (TPSA) is 83.6 Å². The molecule has 2 heterocycles. The van der Waals surface area contributed by atoms with E-state index in [0.29, 0.717) is 37.3 Å². The minimum absolute atomic E-state index is 0.0424. The molecule has 0 saturated carbocycles. The van der Waals surface area contributed by atoms with Crippen molar-refractivity contribution in [1.82, 2.24) is 9.55 Å². The molecule has 2 aromatic heterocycles. The lowest BCUT2D eigenvalue weighted by atomic mass is 10.0. The van der Waals surface area contributed by atoms with Crippen molar-refractivity contribution in [2.24, 2.45) is 0 Å². The summed E-state index contributed by atoms with van der Waals surface area (Å²) in [5, 5.41) is 0. The fraction of sp³-hybridized carbons (Fsp3) is 0.286. The van der Waals surface area contributed by atoms with Crippen molar-refractivity contribution in [2.75, 3.05) is 13.7 Å². The maximum absolute atomic E-state index is 13.0. The van der Waals surface area contributed by atoms with Crippen LogP contribution >= 0.6 is 0 Å². The molecule has 0 spiro atoms. The number of hydrogen-bond donors (Lipinski definition) is 0. The highest BCUT2D eigenvalue weighted by molar-refractivity contribution is 6.08. The molecule has 42 heavy (non-hydrogen) atoms. The lowest BCUT2D eigenvalue weighted by Gasteiger charge is -2.17. The van der Waals surface area contributed by atoms with Crippen LogP contribution in [-0.2, 0) is 22.4 Å². The van der Waals surface area contributed by atoms with Crippen LogP contribution in [0.25, 0.3) is 11.5 Å². The van der Waals surface area contributed by atoms with E-state index in [1.807, 2.05) is 86.7 Å². The molecule has 0 fully saturated rings. The number of allylic oxidation sites excluding steroid dienone is 4. The third-order valence-corrected chi connectivity index (χ3v) is 7.06. The van der Waals surface area contributed by atoms with Crippen molar-refractivity contribution in [2.45, 2.75) is 52.5 Å². The van der Waals surface area contributed by atoms with Gasteiger partial charge in [0, 0.05) is 36.4 Å². The smallest absolute Gasteiger partial charge is 0.329 e. The van der Waals surface area contributed by atoms with Crippen LogP contribution in [0.3, 0.4) is 0 Å². The largest absolute Gasteiger partial charge is 0.493 e. The summed E-state index contributed by atoms with van der Waals surface area (Å²) in [6, 6.07) is 18.6. The summed E-state index contributed by atoms with van der Waals surface area (Å²) in [6.45, 7) is 6.29. The Morgan fingerprint density at radius 2 is 1.81 bits per heavy atom. The highest BCUT2D eigenvalue weighted by Crippen LogP contribution is 2.24. The van der Waals surface area contributed by atoms with Crippen LogP contribution in [0, 0.1) is 6.92 Å². The number of rotatable bonds is 14. The molecule has 218 valence electrons. The van der Waals surface area contributed by atoms with Gasteiger partial charge in [0.1, 0.15) is 17.6 Å². The molecular weight excluding hydrogens is 528 g/mol. The number of esters is 1. The molecule has 2 aromatic carbocycles. The van der Waals surface area contributed by atoms with E-state index in [1.54, 1.807) is 23.0 Å². The van der Waals surface area contributed by atoms with Gasteiger partial charge in [0.15, 0.2) is 5.78 Å². The SMILES string of the molecule is C/C=C(\C/C=C\CC)C(=O)c1ccn(C(Cc2ccc(OCCc3nc(-c4ccccc4)oc3C)cc2)C(=O)OC)c1. The van der Waals surface area contributed by atoms with Crippen LogP contribution in [0.2, 0.25) is 0 Å². The molecule has 4 rings (SSSR count). The molecule has 7 heteroatoms.